The normalized spacial score (nSPS) is 13.6. The van der Waals surface area contributed by atoms with Crippen LogP contribution in [0.5, 0.6) is 0 Å². The molecule has 0 aliphatic rings. The summed E-state index contributed by atoms with van der Waals surface area (Å²) in [6, 6.07) is 9.77. The van der Waals surface area contributed by atoms with Gasteiger partial charge in [-0.2, -0.15) is 8.42 Å². The second kappa shape index (κ2) is 9.58. The molecule has 6 nitrogen and oxygen atoms in total. The quantitative estimate of drug-likeness (QED) is 0.432. The Kier molecular flexibility index (Phi) is 8.12. The molecule has 0 heterocycles. The standard InChI is InChI=1S/C18H27NO5S/c1-15(9-8-12-23-13-16-10-6-5-7-11-16)14-25(21,22)24-17(20)19-18(2,3)4/h5-11,15H,12-14H2,1-4H3,(H,19,20)/b9-8-/t15-/m1/s1. The molecule has 7 heteroatoms. The van der Waals surface area contributed by atoms with E-state index in [2.05, 4.69) is 9.50 Å². The summed E-state index contributed by atoms with van der Waals surface area (Å²) in [6.07, 6.45) is 2.53. The number of carbonyl (C=O) groups excluding carboxylic acids is 1. The molecule has 1 aromatic rings. The van der Waals surface area contributed by atoms with E-state index in [1.54, 1.807) is 39.8 Å². The minimum atomic E-state index is -3.94. The van der Waals surface area contributed by atoms with Gasteiger partial charge >= 0.3 is 16.2 Å². The summed E-state index contributed by atoms with van der Waals surface area (Å²) in [5.74, 6) is -0.576. The average molecular weight is 369 g/mol. The number of hydrogen-bond donors (Lipinski definition) is 1. The van der Waals surface area contributed by atoms with Crippen molar-refractivity contribution in [1.82, 2.24) is 5.32 Å². The van der Waals surface area contributed by atoms with E-state index < -0.39 is 21.8 Å². The van der Waals surface area contributed by atoms with E-state index in [9.17, 15) is 13.2 Å². The van der Waals surface area contributed by atoms with Crippen LogP contribution in [-0.2, 0) is 25.6 Å². The molecule has 1 amide bonds. The summed E-state index contributed by atoms with van der Waals surface area (Å²) in [5.41, 5.74) is 0.513. The van der Waals surface area contributed by atoms with Gasteiger partial charge < -0.3 is 14.2 Å². The van der Waals surface area contributed by atoms with Crippen LogP contribution in [0.25, 0.3) is 0 Å². The van der Waals surface area contributed by atoms with Crippen LogP contribution in [0.1, 0.15) is 33.3 Å². The molecule has 1 N–H and O–H groups in total. The van der Waals surface area contributed by atoms with E-state index in [0.717, 1.165) is 5.56 Å². The van der Waals surface area contributed by atoms with Crippen molar-refractivity contribution in [2.45, 2.75) is 39.8 Å². The molecule has 1 aromatic carbocycles. The highest BCUT2D eigenvalue weighted by atomic mass is 32.2. The molecule has 0 bridgehead atoms. The summed E-state index contributed by atoms with van der Waals surface area (Å²) < 4.78 is 33.7. The predicted octanol–water partition coefficient (Wildman–Crippen LogP) is 3.25. The minimum Gasteiger partial charge on any atom is -0.373 e. The van der Waals surface area contributed by atoms with Crippen LogP contribution in [0, 0.1) is 5.92 Å². The van der Waals surface area contributed by atoms with Crippen LogP contribution in [0.4, 0.5) is 4.79 Å². The Morgan fingerprint density at radius 2 is 1.88 bits per heavy atom. The molecule has 0 unspecified atom stereocenters. The third-order valence-corrected chi connectivity index (χ3v) is 4.28. The summed E-state index contributed by atoms with van der Waals surface area (Å²) in [4.78, 5) is 11.5. The number of ether oxygens (including phenoxy) is 1. The molecule has 25 heavy (non-hydrogen) atoms. The lowest BCUT2D eigenvalue weighted by molar-refractivity contribution is 0.148. The highest BCUT2D eigenvalue weighted by molar-refractivity contribution is 7.87. The molecule has 0 aliphatic carbocycles. The maximum Gasteiger partial charge on any atom is 0.423 e. The Bertz CT molecular complexity index is 662. The Balaban J connectivity index is 2.34. The third kappa shape index (κ3) is 10.6. The van der Waals surface area contributed by atoms with Crippen LogP contribution in [-0.4, -0.2) is 32.4 Å². The molecule has 0 saturated carbocycles. The first kappa shape index (κ1) is 21.2. The minimum absolute atomic E-state index is 0.278. The zero-order valence-corrected chi connectivity index (χ0v) is 16.0. The smallest absolute Gasteiger partial charge is 0.373 e. The molecule has 1 atom stereocenters. The lowest BCUT2D eigenvalue weighted by atomic mass is 10.1. The molecule has 0 saturated heterocycles. The van der Waals surface area contributed by atoms with Crippen molar-refractivity contribution in [2.75, 3.05) is 12.4 Å². The fourth-order valence-electron chi connectivity index (χ4n) is 1.96. The molecule has 0 aliphatic heterocycles. The molecule has 0 spiro atoms. The van der Waals surface area contributed by atoms with Crippen LogP contribution < -0.4 is 5.32 Å². The first-order valence-electron chi connectivity index (χ1n) is 8.10. The Morgan fingerprint density at radius 3 is 2.48 bits per heavy atom. The van der Waals surface area contributed by atoms with Gasteiger partial charge in [-0.05, 0) is 32.3 Å². The van der Waals surface area contributed by atoms with Crippen molar-refractivity contribution in [3.63, 3.8) is 0 Å². The van der Waals surface area contributed by atoms with Crippen molar-refractivity contribution in [2.24, 2.45) is 5.92 Å². The van der Waals surface area contributed by atoms with E-state index in [1.165, 1.54) is 0 Å². The second-order valence-electron chi connectivity index (χ2n) is 6.88. The number of allylic oxidation sites excluding steroid dienone is 1. The monoisotopic (exact) mass is 369 g/mol. The number of amides is 1. The number of benzene rings is 1. The van der Waals surface area contributed by atoms with Crippen molar-refractivity contribution < 1.29 is 22.1 Å². The van der Waals surface area contributed by atoms with Gasteiger partial charge in [0.25, 0.3) is 0 Å². The maximum atomic E-state index is 11.9. The van der Waals surface area contributed by atoms with Crippen molar-refractivity contribution in [3.8, 4) is 0 Å². The summed E-state index contributed by atoms with van der Waals surface area (Å²) in [6.45, 7) is 7.82. The van der Waals surface area contributed by atoms with Crippen LogP contribution in [0.2, 0.25) is 0 Å². The van der Waals surface area contributed by atoms with E-state index >= 15 is 0 Å². The zero-order chi connectivity index (χ0) is 18.9. The van der Waals surface area contributed by atoms with Gasteiger partial charge in [-0.3, -0.25) is 0 Å². The second-order valence-corrected chi connectivity index (χ2v) is 8.49. The lowest BCUT2D eigenvalue weighted by Crippen LogP contribution is -2.42. The predicted molar refractivity (Wildman–Crippen MR) is 97.6 cm³/mol. The molecule has 140 valence electrons. The molecular weight excluding hydrogens is 342 g/mol. The summed E-state index contributed by atoms with van der Waals surface area (Å²) in [5, 5.41) is 2.45. The van der Waals surface area contributed by atoms with E-state index in [-0.39, 0.29) is 11.7 Å². The van der Waals surface area contributed by atoms with Gasteiger partial charge in [0.05, 0.1) is 19.0 Å². The van der Waals surface area contributed by atoms with Crippen molar-refractivity contribution in [1.29, 1.82) is 0 Å². The van der Waals surface area contributed by atoms with Gasteiger partial charge in [-0.15, -0.1) is 0 Å². The third-order valence-electron chi connectivity index (χ3n) is 2.94. The molecular formula is C18H27NO5S. The number of carbonyl (C=O) groups is 1. The van der Waals surface area contributed by atoms with Crippen LogP contribution >= 0.6 is 0 Å². The largest absolute Gasteiger partial charge is 0.423 e. The van der Waals surface area contributed by atoms with Gasteiger partial charge in [0.1, 0.15) is 0 Å². The SMILES string of the molecule is C[C@H](/C=C\COCc1ccccc1)CS(=O)(=O)OC(=O)NC(C)(C)C. The van der Waals surface area contributed by atoms with Gasteiger partial charge in [0.2, 0.25) is 0 Å². The molecule has 0 fully saturated rings. The summed E-state index contributed by atoms with van der Waals surface area (Å²) in [7, 11) is -3.94. The number of hydrogen-bond acceptors (Lipinski definition) is 5. The van der Waals surface area contributed by atoms with Crippen molar-refractivity contribution >= 4 is 16.2 Å². The number of rotatable bonds is 8. The first-order chi connectivity index (χ1) is 11.6. The highest BCUT2D eigenvalue weighted by Gasteiger charge is 2.22. The van der Waals surface area contributed by atoms with Gasteiger partial charge in [-0.1, -0.05) is 49.4 Å². The number of nitrogens with one attached hydrogen (secondary N) is 1. The first-order valence-corrected chi connectivity index (χ1v) is 9.68. The Hall–Kier alpha value is -1.86. The van der Waals surface area contributed by atoms with Crippen LogP contribution in [0.3, 0.4) is 0 Å². The zero-order valence-electron chi connectivity index (χ0n) is 15.2. The highest BCUT2D eigenvalue weighted by Crippen LogP contribution is 2.08. The van der Waals surface area contributed by atoms with Gasteiger partial charge in [0, 0.05) is 5.54 Å². The van der Waals surface area contributed by atoms with E-state index in [1.807, 2.05) is 30.3 Å². The fourth-order valence-corrected chi connectivity index (χ4v) is 3.06. The van der Waals surface area contributed by atoms with E-state index in [0.29, 0.717) is 13.2 Å². The van der Waals surface area contributed by atoms with Crippen molar-refractivity contribution in [3.05, 3.63) is 48.0 Å². The molecule has 0 aromatic heterocycles. The van der Waals surface area contributed by atoms with Gasteiger partial charge in [0.15, 0.2) is 0 Å². The molecule has 1 rings (SSSR count). The fraction of sp³-hybridized carbons (Fsp3) is 0.500. The Labute approximate surface area is 150 Å². The van der Waals surface area contributed by atoms with Crippen LogP contribution in [0.15, 0.2) is 42.5 Å². The van der Waals surface area contributed by atoms with Gasteiger partial charge in [-0.25, -0.2) is 4.79 Å². The Morgan fingerprint density at radius 1 is 1.24 bits per heavy atom. The summed E-state index contributed by atoms with van der Waals surface area (Å²) >= 11 is 0. The average Bonchev–Trinajstić information content (AvgIpc) is 2.44. The topological polar surface area (TPSA) is 81.7 Å². The lowest BCUT2D eigenvalue weighted by Gasteiger charge is -2.19. The maximum absolute atomic E-state index is 11.9. The van der Waals surface area contributed by atoms with E-state index in [4.69, 9.17) is 4.74 Å². The molecule has 0 radical (unpaired) electrons.